The molecule has 7 rings (SSSR count). The summed E-state index contributed by atoms with van der Waals surface area (Å²) >= 11 is 0. The Hall–Kier alpha value is -1.48. The SMILES string of the molecule is CC/C(=C(\C1CCC(O)CC1)C1CCC(OCCCCCN2CC(C)N(C3CCC4C(=O)N(C5CCC(=O)NC5)CC4C3)CC2C)CC1)C1CCCCC1. The molecular weight excluding hydrogens is 673 g/mol. The molecule has 3 saturated heterocycles. The van der Waals surface area contributed by atoms with Crippen LogP contribution in [-0.4, -0.2) is 107 Å². The number of carbonyl (C=O) groups is 2. The predicted molar refractivity (Wildman–Crippen MR) is 217 cm³/mol. The number of hydrogen-bond donors (Lipinski definition) is 2. The lowest BCUT2D eigenvalue weighted by molar-refractivity contribution is -0.135. The van der Waals surface area contributed by atoms with Crippen LogP contribution in [0.3, 0.4) is 0 Å². The van der Waals surface area contributed by atoms with Gasteiger partial charge < -0.3 is 20.1 Å². The highest BCUT2D eigenvalue weighted by Gasteiger charge is 2.48. The largest absolute Gasteiger partial charge is 0.393 e. The van der Waals surface area contributed by atoms with Crippen LogP contribution in [0.5, 0.6) is 0 Å². The highest BCUT2D eigenvalue weighted by Crippen LogP contribution is 2.46. The molecule has 2 amide bonds. The quantitative estimate of drug-likeness (QED) is 0.147. The molecule has 0 spiro atoms. The Balaban J connectivity index is 0.800. The van der Waals surface area contributed by atoms with Gasteiger partial charge in [0.1, 0.15) is 0 Å². The lowest BCUT2D eigenvalue weighted by Gasteiger charge is -2.49. The van der Waals surface area contributed by atoms with E-state index in [9.17, 15) is 14.7 Å². The number of piperidine rings is 1. The van der Waals surface area contributed by atoms with Crippen LogP contribution in [0.4, 0.5) is 0 Å². The van der Waals surface area contributed by atoms with Crippen LogP contribution in [-0.2, 0) is 14.3 Å². The Bertz CT molecular complexity index is 1240. The Labute approximate surface area is 328 Å². The van der Waals surface area contributed by atoms with E-state index >= 15 is 0 Å². The molecule has 4 saturated carbocycles. The van der Waals surface area contributed by atoms with E-state index in [2.05, 4.69) is 40.8 Å². The van der Waals surface area contributed by atoms with Crippen molar-refractivity contribution in [2.24, 2.45) is 29.6 Å². The number of hydrogen-bond acceptors (Lipinski definition) is 6. The van der Waals surface area contributed by atoms with Gasteiger partial charge in [0.15, 0.2) is 0 Å². The average Bonchev–Trinajstić information content (AvgIpc) is 3.52. The zero-order chi connectivity index (χ0) is 37.6. The maximum Gasteiger partial charge on any atom is 0.226 e. The highest BCUT2D eigenvalue weighted by molar-refractivity contribution is 5.83. The normalized spacial score (nSPS) is 38.3. The Kier molecular flexibility index (Phi) is 14.6. The molecule has 3 heterocycles. The van der Waals surface area contributed by atoms with Gasteiger partial charge >= 0.3 is 0 Å². The van der Waals surface area contributed by atoms with E-state index in [-0.39, 0.29) is 24.0 Å². The summed E-state index contributed by atoms with van der Waals surface area (Å²) in [6.07, 6.45) is 26.5. The van der Waals surface area contributed by atoms with Crippen molar-refractivity contribution in [2.45, 2.75) is 198 Å². The van der Waals surface area contributed by atoms with Crippen LogP contribution in [0.25, 0.3) is 0 Å². The van der Waals surface area contributed by atoms with Gasteiger partial charge in [0, 0.05) is 69.3 Å². The molecule has 7 aliphatic rings. The monoisotopic (exact) mass is 751 g/mol. The van der Waals surface area contributed by atoms with Crippen molar-refractivity contribution >= 4 is 11.8 Å². The van der Waals surface area contributed by atoms with Crippen LogP contribution >= 0.6 is 0 Å². The van der Waals surface area contributed by atoms with E-state index < -0.39 is 0 Å². The third-order valence-corrected chi connectivity index (χ3v) is 15.8. The summed E-state index contributed by atoms with van der Waals surface area (Å²) in [4.78, 5) is 32.7. The summed E-state index contributed by atoms with van der Waals surface area (Å²) in [5, 5.41) is 13.3. The molecule has 7 fully saturated rings. The maximum atomic E-state index is 13.4. The minimum absolute atomic E-state index is 0.0710. The van der Waals surface area contributed by atoms with Crippen molar-refractivity contribution in [1.29, 1.82) is 0 Å². The minimum Gasteiger partial charge on any atom is -0.393 e. The van der Waals surface area contributed by atoms with E-state index in [1.165, 1.54) is 103 Å². The first-order chi connectivity index (χ1) is 26.3. The van der Waals surface area contributed by atoms with Crippen molar-refractivity contribution in [2.75, 3.05) is 39.3 Å². The van der Waals surface area contributed by atoms with Gasteiger partial charge in [-0.15, -0.1) is 0 Å². The number of allylic oxidation sites excluding steroid dienone is 2. The number of aliphatic hydroxyl groups excluding tert-OH is 1. The fourth-order valence-corrected chi connectivity index (χ4v) is 12.8. The third kappa shape index (κ3) is 9.79. The zero-order valence-electron chi connectivity index (χ0n) is 34.7. The van der Waals surface area contributed by atoms with Gasteiger partial charge in [-0.2, -0.15) is 0 Å². The smallest absolute Gasteiger partial charge is 0.226 e. The maximum absolute atomic E-state index is 13.4. The average molecular weight is 751 g/mol. The molecular formula is C46H78N4O4. The molecule has 54 heavy (non-hydrogen) atoms. The van der Waals surface area contributed by atoms with Crippen LogP contribution in [0, 0.1) is 29.6 Å². The Morgan fingerprint density at radius 1 is 0.759 bits per heavy atom. The lowest BCUT2D eigenvalue weighted by Crippen LogP contribution is -2.60. The molecule has 8 heteroatoms. The number of piperazine rings is 1. The summed E-state index contributed by atoms with van der Waals surface area (Å²) in [7, 11) is 0. The van der Waals surface area contributed by atoms with Crippen molar-refractivity contribution in [3.05, 3.63) is 11.1 Å². The molecule has 6 unspecified atom stereocenters. The second-order valence-electron chi connectivity index (χ2n) is 19.3. The van der Waals surface area contributed by atoms with Crippen molar-refractivity contribution in [1.82, 2.24) is 20.0 Å². The van der Waals surface area contributed by atoms with E-state index in [1.807, 2.05) is 11.1 Å². The third-order valence-electron chi connectivity index (χ3n) is 15.8. The molecule has 0 aromatic heterocycles. The summed E-state index contributed by atoms with van der Waals surface area (Å²) in [6, 6.07) is 1.91. The number of rotatable bonds is 13. The van der Waals surface area contributed by atoms with Crippen molar-refractivity contribution < 1.29 is 19.4 Å². The number of fused-ring (bicyclic) bond motifs is 1. The fourth-order valence-electron chi connectivity index (χ4n) is 12.8. The highest BCUT2D eigenvalue weighted by atomic mass is 16.5. The number of likely N-dealkylation sites (tertiary alicyclic amines) is 1. The number of carbonyl (C=O) groups excluding carboxylic acids is 2. The van der Waals surface area contributed by atoms with E-state index in [0.717, 1.165) is 76.6 Å². The summed E-state index contributed by atoms with van der Waals surface area (Å²) in [5.41, 5.74) is 3.72. The first kappa shape index (κ1) is 40.7. The van der Waals surface area contributed by atoms with Crippen molar-refractivity contribution in [3.8, 4) is 0 Å². The standard InChI is InChI=1S/C46H78N4O4/c1-4-42(34-11-7-5-8-12-34)45(35-13-19-40(51)20-14-35)36-15-21-41(22-16-36)54-26-10-6-9-25-48-29-33(3)49(30-32(48)2)38-17-23-43-37(27-38)31-50(46(43)53)39-18-24-44(52)47-28-39/h32-41,43,51H,4-31H2,1-3H3,(H,47,52)/b45-42-. The first-order valence-electron chi connectivity index (χ1n) is 23.4. The van der Waals surface area contributed by atoms with Crippen LogP contribution in [0.1, 0.15) is 162 Å². The number of unbranched alkanes of at least 4 members (excludes halogenated alkanes) is 2. The van der Waals surface area contributed by atoms with Crippen LogP contribution in [0.2, 0.25) is 0 Å². The summed E-state index contributed by atoms with van der Waals surface area (Å²) in [5.74, 6) is 3.44. The van der Waals surface area contributed by atoms with Gasteiger partial charge in [-0.3, -0.25) is 19.4 Å². The molecule has 306 valence electrons. The molecule has 2 N–H and O–H groups in total. The molecule has 8 nitrogen and oxygen atoms in total. The van der Waals surface area contributed by atoms with E-state index in [1.54, 1.807) is 0 Å². The van der Waals surface area contributed by atoms with E-state index in [0.29, 0.717) is 54.9 Å². The molecule has 4 aliphatic carbocycles. The number of aliphatic hydroxyl groups is 1. The van der Waals surface area contributed by atoms with Gasteiger partial charge in [-0.05, 0) is 160 Å². The van der Waals surface area contributed by atoms with Crippen LogP contribution in [0.15, 0.2) is 11.1 Å². The van der Waals surface area contributed by atoms with Crippen molar-refractivity contribution in [3.63, 3.8) is 0 Å². The van der Waals surface area contributed by atoms with E-state index in [4.69, 9.17) is 4.74 Å². The second kappa shape index (κ2) is 19.3. The lowest BCUT2D eigenvalue weighted by atomic mass is 9.68. The van der Waals surface area contributed by atoms with Gasteiger partial charge in [0.25, 0.3) is 0 Å². The topological polar surface area (TPSA) is 85.4 Å². The molecule has 0 aromatic rings. The Morgan fingerprint density at radius 2 is 1.50 bits per heavy atom. The number of nitrogens with zero attached hydrogens (tertiary/aromatic N) is 3. The number of ether oxygens (including phenoxy) is 1. The van der Waals surface area contributed by atoms with Gasteiger partial charge in [-0.25, -0.2) is 0 Å². The van der Waals surface area contributed by atoms with Gasteiger partial charge in [0.2, 0.25) is 11.8 Å². The van der Waals surface area contributed by atoms with Gasteiger partial charge in [0.05, 0.1) is 12.2 Å². The molecule has 0 bridgehead atoms. The number of nitrogens with one attached hydrogen (secondary N) is 1. The Morgan fingerprint density at radius 3 is 2.20 bits per heavy atom. The predicted octanol–water partition coefficient (Wildman–Crippen LogP) is 7.87. The molecule has 0 radical (unpaired) electrons. The second-order valence-corrected chi connectivity index (χ2v) is 19.3. The molecule has 0 aromatic carbocycles. The first-order valence-corrected chi connectivity index (χ1v) is 23.4. The van der Waals surface area contributed by atoms with Gasteiger partial charge in [-0.1, -0.05) is 37.3 Å². The fraction of sp³-hybridized carbons (Fsp3) is 0.913. The summed E-state index contributed by atoms with van der Waals surface area (Å²) in [6.45, 7) is 13.2. The molecule has 6 atom stereocenters. The summed E-state index contributed by atoms with van der Waals surface area (Å²) < 4.78 is 6.56. The zero-order valence-corrected chi connectivity index (χ0v) is 34.7. The molecule has 3 aliphatic heterocycles. The van der Waals surface area contributed by atoms with Crippen LogP contribution < -0.4 is 5.32 Å². The minimum atomic E-state index is -0.0710. The number of amides is 2.